The van der Waals surface area contributed by atoms with Crippen LogP contribution in [0.2, 0.25) is 0 Å². The van der Waals surface area contributed by atoms with Gasteiger partial charge in [0.1, 0.15) is 11.5 Å². The Kier molecular flexibility index (Phi) is 3.18. The highest BCUT2D eigenvalue weighted by Crippen LogP contribution is 2.39. The van der Waals surface area contributed by atoms with Crippen LogP contribution in [0.4, 0.5) is 5.13 Å². The molecule has 1 aliphatic heterocycles. The van der Waals surface area contributed by atoms with Gasteiger partial charge in [0.05, 0.1) is 16.4 Å². The van der Waals surface area contributed by atoms with Crippen LogP contribution in [0.1, 0.15) is 42.5 Å². The SMILES string of the molecule is Cc1cc(C2CCCCN2c2nc3c(s2)c(C)nn3C)no1. The van der Waals surface area contributed by atoms with Crippen LogP contribution in [0, 0.1) is 13.8 Å². The molecule has 0 saturated carbocycles. The second kappa shape index (κ2) is 5.08. The highest BCUT2D eigenvalue weighted by molar-refractivity contribution is 7.22. The quantitative estimate of drug-likeness (QED) is 0.725. The molecular formula is C15H19N5OS. The Morgan fingerprint density at radius 2 is 2.18 bits per heavy atom. The van der Waals surface area contributed by atoms with Crippen molar-refractivity contribution in [2.24, 2.45) is 7.05 Å². The fraction of sp³-hybridized carbons (Fsp3) is 0.533. The Bertz CT molecular complexity index is 783. The molecule has 0 radical (unpaired) electrons. The molecule has 0 spiro atoms. The number of thiazole rings is 1. The van der Waals surface area contributed by atoms with Gasteiger partial charge in [0.15, 0.2) is 10.8 Å². The minimum atomic E-state index is 0.264. The third-order valence-corrected chi connectivity index (χ3v) is 5.46. The molecule has 3 aromatic heterocycles. The van der Waals surface area contributed by atoms with Crippen LogP contribution in [-0.2, 0) is 7.05 Å². The van der Waals surface area contributed by atoms with Crippen LogP contribution in [0.25, 0.3) is 10.3 Å². The van der Waals surface area contributed by atoms with Gasteiger partial charge < -0.3 is 9.42 Å². The first-order valence-corrected chi connectivity index (χ1v) is 8.45. The lowest BCUT2D eigenvalue weighted by Gasteiger charge is -2.34. The lowest BCUT2D eigenvalue weighted by Crippen LogP contribution is -2.33. The molecule has 22 heavy (non-hydrogen) atoms. The van der Waals surface area contributed by atoms with Gasteiger partial charge in [0.25, 0.3) is 0 Å². The normalized spacial score (nSPS) is 19.2. The van der Waals surface area contributed by atoms with Crippen molar-refractivity contribution >= 4 is 26.8 Å². The zero-order valence-corrected chi connectivity index (χ0v) is 13.9. The fourth-order valence-electron chi connectivity index (χ4n) is 3.21. The van der Waals surface area contributed by atoms with Gasteiger partial charge in [-0.3, -0.25) is 0 Å². The van der Waals surface area contributed by atoms with Crippen molar-refractivity contribution in [3.05, 3.63) is 23.2 Å². The zero-order valence-electron chi connectivity index (χ0n) is 13.0. The largest absolute Gasteiger partial charge is 0.361 e. The maximum Gasteiger partial charge on any atom is 0.188 e. The lowest BCUT2D eigenvalue weighted by atomic mass is 10.00. The van der Waals surface area contributed by atoms with Crippen molar-refractivity contribution in [3.63, 3.8) is 0 Å². The average Bonchev–Trinajstić information content (AvgIpc) is 3.18. The van der Waals surface area contributed by atoms with Crippen molar-refractivity contribution in [1.29, 1.82) is 0 Å². The first kappa shape index (κ1) is 13.8. The predicted octanol–water partition coefficient (Wildman–Crippen LogP) is 3.37. The molecule has 1 saturated heterocycles. The second-order valence-electron chi connectivity index (χ2n) is 5.93. The van der Waals surface area contributed by atoms with E-state index >= 15 is 0 Å². The summed E-state index contributed by atoms with van der Waals surface area (Å²) in [6.07, 6.45) is 3.51. The molecule has 4 rings (SSSR count). The number of rotatable bonds is 2. The Hall–Kier alpha value is -1.89. The lowest BCUT2D eigenvalue weighted by molar-refractivity contribution is 0.373. The van der Waals surface area contributed by atoms with E-state index in [4.69, 9.17) is 9.51 Å². The van der Waals surface area contributed by atoms with Crippen LogP contribution < -0.4 is 4.90 Å². The Morgan fingerprint density at radius 3 is 2.91 bits per heavy atom. The molecule has 6 nitrogen and oxygen atoms in total. The van der Waals surface area contributed by atoms with Crippen molar-refractivity contribution < 1.29 is 4.52 Å². The van der Waals surface area contributed by atoms with Crippen LogP contribution in [-0.4, -0.2) is 26.5 Å². The van der Waals surface area contributed by atoms with Crippen molar-refractivity contribution in [2.75, 3.05) is 11.4 Å². The first-order valence-electron chi connectivity index (χ1n) is 7.63. The number of hydrogen-bond donors (Lipinski definition) is 0. The van der Waals surface area contributed by atoms with E-state index in [9.17, 15) is 0 Å². The number of aromatic nitrogens is 4. The topological polar surface area (TPSA) is 60.0 Å². The number of piperidine rings is 1. The third-order valence-electron chi connectivity index (χ3n) is 4.27. The van der Waals surface area contributed by atoms with Gasteiger partial charge in [0.2, 0.25) is 0 Å². The molecule has 0 N–H and O–H groups in total. The fourth-order valence-corrected chi connectivity index (χ4v) is 4.32. The summed E-state index contributed by atoms with van der Waals surface area (Å²) in [4.78, 5) is 7.21. The maximum atomic E-state index is 5.28. The van der Waals surface area contributed by atoms with E-state index in [-0.39, 0.29) is 6.04 Å². The summed E-state index contributed by atoms with van der Waals surface area (Å²) in [5.41, 5.74) is 3.04. The van der Waals surface area contributed by atoms with E-state index in [1.54, 1.807) is 11.3 Å². The molecule has 1 unspecified atom stereocenters. The summed E-state index contributed by atoms with van der Waals surface area (Å²) in [7, 11) is 1.95. The molecule has 0 amide bonds. The van der Waals surface area contributed by atoms with Gasteiger partial charge in [-0.25, -0.2) is 9.67 Å². The van der Waals surface area contributed by atoms with Gasteiger partial charge >= 0.3 is 0 Å². The molecule has 0 aliphatic carbocycles. The zero-order chi connectivity index (χ0) is 15.3. The van der Waals surface area contributed by atoms with Crippen LogP contribution in [0.3, 0.4) is 0 Å². The van der Waals surface area contributed by atoms with Crippen LogP contribution >= 0.6 is 11.3 Å². The minimum absolute atomic E-state index is 0.264. The van der Waals surface area contributed by atoms with E-state index in [1.165, 1.54) is 17.5 Å². The molecular weight excluding hydrogens is 298 g/mol. The van der Waals surface area contributed by atoms with E-state index in [1.807, 2.05) is 31.6 Å². The highest BCUT2D eigenvalue weighted by Gasteiger charge is 2.29. The van der Waals surface area contributed by atoms with E-state index in [0.29, 0.717) is 0 Å². The molecule has 0 bridgehead atoms. The molecule has 116 valence electrons. The molecule has 0 aromatic carbocycles. The number of hydrogen-bond acceptors (Lipinski definition) is 6. The summed E-state index contributed by atoms with van der Waals surface area (Å²) < 4.78 is 8.32. The smallest absolute Gasteiger partial charge is 0.188 e. The van der Waals surface area contributed by atoms with Crippen molar-refractivity contribution in [2.45, 2.75) is 39.2 Å². The molecule has 1 fully saturated rings. The Labute approximate surface area is 132 Å². The Morgan fingerprint density at radius 1 is 1.32 bits per heavy atom. The van der Waals surface area contributed by atoms with E-state index < -0.39 is 0 Å². The summed E-state index contributed by atoms with van der Waals surface area (Å²) in [6, 6.07) is 2.31. The molecule has 4 heterocycles. The van der Waals surface area contributed by atoms with E-state index in [2.05, 4.69) is 15.2 Å². The third kappa shape index (κ3) is 2.11. The number of fused-ring (bicyclic) bond motifs is 1. The molecule has 7 heteroatoms. The Balaban J connectivity index is 1.75. The van der Waals surface area contributed by atoms with Crippen molar-refractivity contribution in [3.8, 4) is 0 Å². The molecule has 3 aromatic rings. The van der Waals surface area contributed by atoms with Gasteiger partial charge in [-0.1, -0.05) is 16.5 Å². The number of anilines is 1. The average molecular weight is 317 g/mol. The number of aryl methyl sites for hydroxylation is 3. The summed E-state index contributed by atoms with van der Waals surface area (Å²) in [5, 5.41) is 9.74. The number of nitrogens with zero attached hydrogens (tertiary/aromatic N) is 5. The standard InChI is InChI=1S/C15H19N5OS/c1-9-8-11(18-21-9)12-6-4-5-7-20(12)15-16-14-13(22-15)10(2)17-19(14)3/h8,12H,4-7H2,1-3H3. The van der Waals surface area contributed by atoms with Gasteiger partial charge in [0, 0.05) is 19.7 Å². The summed E-state index contributed by atoms with van der Waals surface area (Å²) in [5.74, 6) is 0.866. The minimum Gasteiger partial charge on any atom is -0.361 e. The molecule has 1 atom stereocenters. The van der Waals surface area contributed by atoms with Gasteiger partial charge in [-0.2, -0.15) is 5.10 Å². The van der Waals surface area contributed by atoms with E-state index in [0.717, 1.165) is 40.9 Å². The molecule has 1 aliphatic rings. The van der Waals surface area contributed by atoms with Crippen molar-refractivity contribution in [1.82, 2.24) is 19.9 Å². The van der Waals surface area contributed by atoms with Gasteiger partial charge in [-0.05, 0) is 33.1 Å². The summed E-state index contributed by atoms with van der Waals surface area (Å²) in [6.45, 7) is 5.00. The monoisotopic (exact) mass is 317 g/mol. The van der Waals surface area contributed by atoms with Gasteiger partial charge in [-0.15, -0.1) is 0 Å². The van der Waals surface area contributed by atoms with Crippen LogP contribution in [0.15, 0.2) is 10.6 Å². The maximum absolute atomic E-state index is 5.28. The highest BCUT2D eigenvalue weighted by atomic mass is 32.1. The van der Waals surface area contributed by atoms with Crippen LogP contribution in [0.5, 0.6) is 0 Å². The predicted molar refractivity (Wildman–Crippen MR) is 86.3 cm³/mol. The second-order valence-corrected chi connectivity index (χ2v) is 6.90. The first-order chi connectivity index (χ1) is 10.6. The summed E-state index contributed by atoms with van der Waals surface area (Å²) >= 11 is 1.73.